The molecule has 0 bridgehead atoms. The highest BCUT2D eigenvalue weighted by atomic mass is 19.1. The molecule has 0 aliphatic heterocycles. The van der Waals surface area contributed by atoms with Crippen molar-refractivity contribution in [3.8, 4) is 16.9 Å². The normalized spacial score (nSPS) is 10.9. The van der Waals surface area contributed by atoms with Crippen molar-refractivity contribution < 1.29 is 18.7 Å². The molecule has 1 heterocycles. The van der Waals surface area contributed by atoms with Crippen molar-refractivity contribution in [1.82, 2.24) is 10.3 Å². The van der Waals surface area contributed by atoms with Gasteiger partial charge in [-0.2, -0.15) is 0 Å². The molecule has 3 aromatic carbocycles. The quantitative estimate of drug-likeness (QED) is 0.480. The highest BCUT2D eigenvalue weighted by Gasteiger charge is 2.14. The fourth-order valence-corrected chi connectivity index (χ4v) is 3.10. The molecule has 0 aliphatic rings. The summed E-state index contributed by atoms with van der Waals surface area (Å²) in [6, 6.07) is 15.1. The van der Waals surface area contributed by atoms with E-state index in [1.165, 1.54) is 24.3 Å². The van der Waals surface area contributed by atoms with Crippen LogP contribution in [0.15, 0.2) is 66.9 Å². The van der Waals surface area contributed by atoms with Crippen molar-refractivity contribution >= 4 is 16.8 Å². The summed E-state index contributed by atoms with van der Waals surface area (Å²) in [7, 11) is 0. The van der Waals surface area contributed by atoms with Crippen LogP contribution in [0.25, 0.3) is 22.0 Å². The van der Waals surface area contributed by atoms with Crippen LogP contribution in [-0.2, 0) is 6.54 Å². The van der Waals surface area contributed by atoms with Crippen molar-refractivity contribution in [3.05, 3.63) is 89.6 Å². The lowest BCUT2D eigenvalue weighted by molar-refractivity contribution is 0.0948. The minimum atomic E-state index is -0.739. The van der Waals surface area contributed by atoms with E-state index in [2.05, 4.69) is 10.3 Å². The predicted molar refractivity (Wildman–Crippen MR) is 103 cm³/mol. The van der Waals surface area contributed by atoms with Gasteiger partial charge in [-0.15, -0.1) is 0 Å². The summed E-state index contributed by atoms with van der Waals surface area (Å²) >= 11 is 0. The van der Waals surface area contributed by atoms with Crippen LogP contribution in [0, 0.1) is 11.6 Å². The Hall–Kier alpha value is -3.67. The SMILES string of the molecule is O=C(NCc1ccc2[nH]ccc2c1)c1cc(-c2ccc(F)cc2F)ccc1O. The van der Waals surface area contributed by atoms with Gasteiger partial charge in [0.1, 0.15) is 17.4 Å². The van der Waals surface area contributed by atoms with Gasteiger partial charge in [-0.05, 0) is 59.0 Å². The number of rotatable bonds is 4. The van der Waals surface area contributed by atoms with Crippen molar-refractivity contribution in [2.24, 2.45) is 0 Å². The molecule has 140 valence electrons. The van der Waals surface area contributed by atoms with Crippen LogP contribution < -0.4 is 5.32 Å². The van der Waals surface area contributed by atoms with E-state index in [9.17, 15) is 18.7 Å². The first-order valence-electron chi connectivity index (χ1n) is 8.64. The highest BCUT2D eigenvalue weighted by molar-refractivity contribution is 5.98. The number of hydrogen-bond donors (Lipinski definition) is 3. The monoisotopic (exact) mass is 378 g/mol. The first kappa shape index (κ1) is 17.7. The molecule has 28 heavy (non-hydrogen) atoms. The summed E-state index contributed by atoms with van der Waals surface area (Å²) in [6.07, 6.45) is 1.84. The zero-order valence-electron chi connectivity index (χ0n) is 14.7. The second-order valence-corrected chi connectivity index (χ2v) is 6.44. The summed E-state index contributed by atoms with van der Waals surface area (Å²) in [5.41, 5.74) is 2.44. The zero-order valence-corrected chi connectivity index (χ0v) is 14.7. The van der Waals surface area contributed by atoms with E-state index in [0.717, 1.165) is 28.6 Å². The lowest BCUT2D eigenvalue weighted by Gasteiger charge is -2.10. The van der Waals surface area contributed by atoms with E-state index in [1.807, 2.05) is 30.5 Å². The number of nitrogens with one attached hydrogen (secondary N) is 2. The number of phenols is 1. The molecule has 4 nitrogen and oxygen atoms in total. The van der Waals surface area contributed by atoms with Gasteiger partial charge in [-0.1, -0.05) is 12.1 Å². The lowest BCUT2D eigenvalue weighted by Crippen LogP contribution is -2.22. The standard InChI is InChI=1S/C22H16F2N2O2/c23-16-3-4-17(19(24)11-16)14-2-6-21(27)18(10-14)22(28)26-12-13-1-5-20-15(9-13)7-8-25-20/h1-11,25,27H,12H2,(H,26,28). The molecular weight excluding hydrogens is 362 g/mol. The number of phenolic OH excluding ortho intramolecular Hbond substituents is 1. The topological polar surface area (TPSA) is 65.1 Å². The van der Waals surface area contributed by atoms with Gasteiger partial charge in [0.25, 0.3) is 5.91 Å². The van der Waals surface area contributed by atoms with Crippen molar-refractivity contribution in [3.63, 3.8) is 0 Å². The molecule has 0 aliphatic carbocycles. The highest BCUT2D eigenvalue weighted by Crippen LogP contribution is 2.28. The van der Waals surface area contributed by atoms with E-state index in [4.69, 9.17) is 0 Å². The largest absolute Gasteiger partial charge is 0.507 e. The molecule has 0 spiro atoms. The van der Waals surface area contributed by atoms with Crippen molar-refractivity contribution in [2.45, 2.75) is 6.54 Å². The number of aromatic hydroxyl groups is 1. The van der Waals surface area contributed by atoms with Crippen LogP contribution in [0.3, 0.4) is 0 Å². The molecule has 0 atom stereocenters. The number of benzene rings is 3. The number of H-pyrrole nitrogens is 1. The molecule has 0 saturated carbocycles. The maximum Gasteiger partial charge on any atom is 0.255 e. The Morgan fingerprint density at radius 3 is 2.68 bits per heavy atom. The van der Waals surface area contributed by atoms with Crippen LogP contribution in [0.1, 0.15) is 15.9 Å². The minimum Gasteiger partial charge on any atom is -0.507 e. The van der Waals surface area contributed by atoms with Crippen LogP contribution in [-0.4, -0.2) is 16.0 Å². The maximum atomic E-state index is 14.0. The molecule has 0 fully saturated rings. The Morgan fingerprint density at radius 2 is 1.86 bits per heavy atom. The number of carbonyl (C=O) groups is 1. The Kier molecular flexibility index (Phi) is 4.53. The van der Waals surface area contributed by atoms with Crippen molar-refractivity contribution in [1.29, 1.82) is 0 Å². The molecule has 4 rings (SSSR count). The number of carbonyl (C=O) groups excluding carboxylic acids is 1. The summed E-state index contributed by atoms with van der Waals surface area (Å²) < 4.78 is 27.2. The smallest absolute Gasteiger partial charge is 0.255 e. The van der Waals surface area contributed by atoms with Gasteiger partial charge in [-0.25, -0.2) is 8.78 Å². The van der Waals surface area contributed by atoms with Gasteiger partial charge in [0.2, 0.25) is 0 Å². The van der Waals surface area contributed by atoms with Crippen LogP contribution >= 0.6 is 0 Å². The summed E-state index contributed by atoms with van der Waals surface area (Å²) in [4.78, 5) is 15.6. The Labute approximate surface area is 159 Å². The minimum absolute atomic E-state index is 0.0175. The molecule has 4 aromatic rings. The second kappa shape index (κ2) is 7.15. The van der Waals surface area contributed by atoms with Crippen LogP contribution in [0.5, 0.6) is 5.75 Å². The lowest BCUT2D eigenvalue weighted by atomic mass is 10.0. The van der Waals surface area contributed by atoms with Gasteiger partial charge in [0, 0.05) is 29.9 Å². The van der Waals surface area contributed by atoms with Gasteiger partial charge in [-0.3, -0.25) is 4.79 Å². The average Bonchev–Trinajstić information content (AvgIpc) is 3.14. The molecule has 6 heteroatoms. The number of aromatic amines is 1. The Bertz CT molecular complexity index is 1180. The fourth-order valence-electron chi connectivity index (χ4n) is 3.10. The van der Waals surface area contributed by atoms with Gasteiger partial charge < -0.3 is 15.4 Å². The zero-order chi connectivity index (χ0) is 19.7. The van der Waals surface area contributed by atoms with Crippen LogP contribution in [0.4, 0.5) is 8.78 Å². The Morgan fingerprint density at radius 1 is 1.00 bits per heavy atom. The predicted octanol–water partition coefficient (Wildman–Crippen LogP) is 4.75. The molecular formula is C22H16F2N2O2. The maximum absolute atomic E-state index is 14.0. The fraction of sp³-hybridized carbons (Fsp3) is 0.0455. The molecule has 1 amide bonds. The first-order chi connectivity index (χ1) is 13.5. The van der Waals surface area contributed by atoms with Crippen LogP contribution in [0.2, 0.25) is 0 Å². The van der Waals surface area contributed by atoms with Gasteiger partial charge >= 0.3 is 0 Å². The molecule has 0 unspecified atom stereocenters. The first-order valence-corrected chi connectivity index (χ1v) is 8.64. The summed E-state index contributed by atoms with van der Waals surface area (Å²) in [6.45, 7) is 0.272. The van der Waals surface area contributed by atoms with E-state index in [0.29, 0.717) is 5.56 Å². The molecule has 1 aromatic heterocycles. The number of amides is 1. The van der Waals surface area contributed by atoms with E-state index >= 15 is 0 Å². The van der Waals surface area contributed by atoms with Gasteiger partial charge in [0.05, 0.1) is 5.56 Å². The summed E-state index contributed by atoms with van der Waals surface area (Å²) in [5, 5.41) is 13.8. The number of aromatic nitrogens is 1. The Balaban J connectivity index is 1.56. The molecule has 0 saturated heterocycles. The molecule has 0 radical (unpaired) electrons. The number of fused-ring (bicyclic) bond motifs is 1. The van der Waals surface area contributed by atoms with E-state index in [1.54, 1.807) is 0 Å². The van der Waals surface area contributed by atoms with Crippen molar-refractivity contribution in [2.75, 3.05) is 0 Å². The number of hydrogen-bond acceptors (Lipinski definition) is 2. The second-order valence-electron chi connectivity index (χ2n) is 6.44. The molecule has 3 N–H and O–H groups in total. The van der Waals surface area contributed by atoms with Gasteiger partial charge in [0.15, 0.2) is 0 Å². The third-order valence-electron chi connectivity index (χ3n) is 4.55. The number of halogens is 2. The third kappa shape index (κ3) is 3.44. The third-order valence-corrected chi connectivity index (χ3v) is 4.55. The van der Waals surface area contributed by atoms with E-state index < -0.39 is 17.5 Å². The summed E-state index contributed by atoms with van der Waals surface area (Å²) in [5.74, 6) is -2.13. The average molecular weight is 378 g/mol. The van der Waals surface area contributed by atoms with E-state index in [-0.39, 0.29) is 23.4 Å².